The number of hydrogen-bond acceptors (Lipinski definition) is 5. The fourth-order valence-corrected chi connectivity index (χ4v) is 3.25. The predicted octanol–water partition coefficient (Wildman–Crippen LogP) is 2.56. The highest BCUT2D eigenvalue weighted by molar-refractivity contribution is 8.00. The highest BCUT2D eigenvalue weighted by atomic mass is 35.5. The number of carbonyl (C=O) groups excluding carboxylic acids is 1. The van der Waals surface area contributed by atoms with Crippen molar-refractivity contribution < 1.29 is 9.90 Å². The Morgan fingerprint density at radius 3 is 2.76 bits per heavy atom. The number of ketones is 1. The molecule has 1 aliphatic heterocycles. The predicted molar refractivity (Wildman–Crippen MR) is 82.5 cm³/mol. The lowest BCUT2D eigenvalue weighted by atomic mass is 10.1. The van der Waals surface area contributed by atoms with Crippen LogP contribution in [-0.4, -0.2) is 37.4 Å². The van der Waals surface area contributed by atoms with Crippen LogP contribution in [0, 0.1) is 0 Å². The van der Waals surface area contributed by atoms with E-state index in [1.165, 1.54) is 16.4 Å². The van der Waals surface area contributed by atoms with Gasteiger partial charge in [0.1, 0.15) is 0 Å². The summed E-state index contributed by atoms with van der Waals surface area (Å²) in [6, 6.07) is 9.68. The first-order valence-electron chi connectivity index (χ1n) is 6.33. The number of carbonyl (C=O) groups is 1. The van der Waals surface area contributed by atoms with Crippen LogP contribution in [0.2, 0.25) is 5.15 Å². The molecular formula is C14H12ClN3O2S. The van der Waals surface area contributed by atoms with Crippen molar-refractivity contribution in [1.82, 2.24) is 15.0 Å². The van der Waals surface area contributed by atoms with Crippen molar-refractivity contribution >= 4 is 34.9 Å². The molecule has 0 radical (unpaired) electrons. The van der Waals surface area contributed by atoms with Crippen molar-refractivity contribution in [1.29, 1.82) is 0 Å². The van der Waals surface area contributed by atoms with Gasteiger partial charge in [0, 0.05) is 5.75 Å². The minimum Gasteiger partial charge on any atom is -0.505 e. The average Bonchev–Trinajstić information content (AvgIpc) is 3.07. The van der Waals surface area contributed by atoms with Crippen LogP contribution < -0.4 is 0 Å². The molecule has 1 fully saturated rings. The molecular weight excluding hydrogens is 310 g/mol. The quantitative estimate of drug-likeness (QED) is 0.695. The van der Waals surface area contributed by atoms with Gasteiger partial charge in [-0.25, -0.2) is 4.68 Å². The van der Waals surface area contributed by atoms with Crippen molar-refractivity contribution in [2.75, 3.05) is 11.5 Å². The second kappa shape index (κ2) is 5.91. The van der Waals surface area contributed by atoms with E-state index in [0.717, 1.165) is 5.56 Å². The maximum absolute atomic E-state index is 11.7. The fourth-order valence-electron chi connectivity index (χ4n) is 2.06. The first-order chi connectivity index (χ1) is 10.2. The maximum Gasteiger partial charge on any atom is 0.173 e. The Bertz CT molecular complexity index is 712. The van der Waals surface area contributed by atoms with Gasteiger partial charge in [0.25, 0.3) is 0 Å². The van der Waals surface area contributed by atoms with E-state index in [0.29, 0.717) is 23.6 Å². The minimum absolute atomic E-state index is 0.0776. The van der Waals surface area contributed by atoms with Gasteiger partial charge in [-0.3, -0.25) is 4.79 Å². The third-order valence-electron chi connectivity index (χ3n) is 3.18. The Kier molecular flexibility index (Phi) is 3.98. The lowest BCUT2D eigenvalue weighted by Crippen LogP contribution is -2.03. The smallest absolute Gasteiger partial charge is 0.173 e. The molecule has 21 heavy (non-hydrogen) atoms. The molecule has 0 spiro atoms. The molecule has 1 aliphatic rings. The summed E-state index contributed by atoms with van der Waals surface area (Å²) < 4.78 is 1.50. The Hall–Kier alpha value is -1.79. The summed E-state index contributed by atoms with van der Waals surface area (Å²) >= 11 is 7.68. The number of aliphatic hydroxyl groups excluding tert-OH is 1. The van der Waals surface area contributed by atoms with E-state index in [2.05, 4.69) is 10.3 Å². The Balaban J connectivity index is 1.91. The van der Waals surface area contributed by atoms with Crippen LogP contribution in [0.1, 0.15) is 11.3 Å². The summed E-state index contributed by atoms with van der Waals surface area (Å²) in [5.74, 6) is 0.627. The Labute approximate surface area is 130 Å². The molecule has 0 bridgehead atoms. The summed E-state index contributed by atoms with van der Waals surface area (Å²) in [6.07, 6.45) is 0. The first-order valence-corrected chi connectivity index (χ1v) is 7.86. The number of halogens is 1. The molecule has 108 valence electrons. The molecule has 0 saturated carbocycles. The Morgan fingerprint density at radius 1 is 1.33 bits per heavy atom. The number of rotatable bonds is 3. The number of nitrogens with zero attached hydrogens (tertiary/aromatic N) is 3. The molecule has 2 heterocycles. The van der Waals surface area contributed by atoms with Crippen LogP contribution in [-0.2, 0) is 11.3 Å². The molecule has 2 aromatic rings. The highest BCUT2D eigenvalue weighted by Crippen LogP contribution is 2.29. The van der Waals surface area contributed by atoms with Gasteiger partial charge in [0.05, 0.1) is 17.9 Å². The van der Waals surface area contributed by atoms with E-state index >= 15 is 0 Å². The van der Waals surface area contributed by atoms with Crippen molar-refractivity contribution in [3.05, 3.63) is 52.3 Å². The molecule has 5 nitrogen and oxygen atoms in total. The summed E-state index contributed by atoms with van der Waals surface area (Å²) in [4.78, 5) is 11.7. The van der Waals surface area contributed by atoms with E-state index < -0.39 is 0 Å². The van der Waals surface area contributed by atoms with Gasteiger partial charge in [0.2, 0.25) is 0 Å². The van der Waals surface area contributed by atoms with Crippen molar-refractivity contribution in [3.63, 3.8) is 0 Å². The average molecular weight is 322 g/mol. The van der Waals surface area contributed by atoms with E-state index in [1.807, 2.05) is 30.3 Å². The second-order valence-corrected chi connectivity index (χ2v) is 5.96. The Morgan fingerprint density at radius 2 is 2.10 bits per heavy atom. The zero-order chi connectivity index (χ0) is 14.8. The van der Waals surface area contributed by atoms with E-state index in [-0.39, 0.29) is 22.4 Å². The normalized spacial score (nSPS) is 17.3. The zero-order valence-corrected chi connectivity index (χ0v) is 12.6. The van der Waals surface area contributed by atoms with Crippen LogP contribution in [0.3, 0.4) is 0 Å². The van der Waals surface area contributed by atoms with Crippen LogP contribution >= 0.6 is 23.4 Å². The molecule has 0 amide bonds. The number of aliphatic hydroxyl groups is 1. The number of hydrogen-bond donors (Lipinski definition) is 1. The number of benzene rings is 1. The summed E-state index contributed by atoms with van der Waals surface area (Å²) in [5.41, 5.74) is 1.56. The van der Waals surface area contributed by atoms with Crippen molar-refractivity contribution in [2.45, 2.75) is 6.54 Å². The van der Waals surface area contributed by atoms with E-state index in [9.17, 15) is 9.90 Å². The van der Waals surface area contributed by atoms with Gasteiger partial charge in [-0.15, -0.1) is 16.9 Å². The van der Waals surface area contributed by atoms with Crippen LogP contribution in [0.5, 0.6) is 0 Å². The van der Waals surface area contributed by atoms with Gasteiger partial charge in [-0.1, -0.05) is 47.1 Å². The zero-order valence-electron chi connectivity index (χ0n) is 11.0. The molecule has 1 aromatic heterocycles. The van der Waals surface area contributed by atoms with Gasteiger partial charge in [-0.05, 0) is 5.56 Å². The SMILES string of the molecule is O=C1CSC/C1=C(/O)c1nnn(Cc2ccccc2)c1Cl. The number of Topliss-reactive ketones (excluding diaryl/α,β-unsaturated/α-hetero) is 1. The third kappa shape index (κ3) is 2.82. The van der Waals surface area contributed by atoms with Crippen molar-refractivity contribution in [3.8, 4) is 0 Å². The summed E-state index contributed by atoms with van der Waals surface area (Å²) in [6.45, 7) is 0.456. The van der Waals surface area contributed by atoms with Gasteiger partial charge < -0.3 is 5.11 Å². The van der Waals surface area contributed by atoms with Gasteiger partial charge in [0.15, 0.2) is 22.4 Å². The molecule has 3 rings (SSSR count). The lowest BCUT2D eigenvalue weighted by Gasteiger charge is -2.03. The molecule has 0 aliphatic carbocycles. The third-order valence-corrected chi connectivity index (χ3v) is 4.51. The summed E-state index contributed by atoms with van der Waals surface area (Å²) in [5, 5.41) is 18.3. The van der Waals surface area contributed by atoms with E-state index in [1.54, 1.807) is 0 Å². The van der Waals surface area contributed by atoms with E-state index in [4.69, 9.17) is 11.6 Å². The molecule has 0 unspecified atom stereocenters. The lowest BCUT2D eigenvalue weighted by molar-refractivity contribution is -0.112. The molecule has 1 saturated heterocycles. The molecule has 7 heteroatoms. The summed E-state index contributed by atoms with van der Waals surface area (Å²) in [7, 11) is 0. The molecule has 1 aromatic carbocycles. The fraction of sp³-hybridized carbons (Fsp3) is 0.214. The standard InChI is InChI=1S/C14H12ClN3O2S/c15-14-12(13(20)10-7-21-8-11(10)19)16-17-18(14)6-9-4-2-1-3-5-9/h1-5,20H,6-8H2/b13-10-. The number of thioether (sulfide) groups is 1. The van der Waals surface area contributed by atoms with Crippen LogP contribution in [0.15, 0.2) is 35.9 Å². The number of aromatic nitrogens is 3. The second-order valence-electron chi connectivity index (χ2n) is 4.62. The largest absolute Gasteiger partial charge is 0.505 e. The minimum atomic E-state index is -0.158. The van der Waals surface area contributed by atoms with Gasteiger partial charge >= 0.3 is 0 Å². The maximum atomic E-state index is 11.7. The van der Waals surface area contributed by atoms with Crippen LogP contribution in [0.4, 0.5) is 0 Å². The first kappa shape index (κ1) is 14.2. The topological polar surface area (TPSA) is 68.0 Å². The highest BCUT2D eigenvalue weighted by Gasteiger charge is 2.26. The van der Waals surface area contributed by atoms with Crippen LogP contribution in [0.25, 0.3) is 5.76 Å². The monoisotopic (exact) mass is 321 g/mol. The molecule has 0 atom stereocenters. The van der Waals surface area contributed by atoms with Crippen molar-refractivity contribution in [2.24, 2.45) is 0 Å². The van der Waals surface area contributed by atoms with Gasteiger partial charge in [-0.2, -0.15) is 0 Å². The molecule has 1 N–H and O–H groups in total.